The minimum atomic E-state index is -0.794. The van der Waals surface area contributed by atoms with Gasteiger partial charge in [-0.3, -0.25) is 9.59 Å². The summed E-state index contributed by atoms with van der Waals surface area (Å²) in [5.74, 6) is -0.459. The lowest BCUT2D eigenvalue weighted by Gasteiger charge is -2.24. The van der Waals surface area contributed by atoms with Gasteiger partial charge in [0.2, 0.25) is 0 Å². The Bertz CT molecular complexity index is 1460. The minimum Gasteiger partial charge on any atom is -0.507 e. The number of furan rings is 1. The standard InChI is InChI=1S/C30H24BrNO5/c1-19-16-22(11-14-25(19)31)28(33)26-27(32(30(35)29(26)34)17-24-8-5-15-36-24)21-9-12-23(13-10-21)37-18-20-6-3-2-4-7-20/h2-16,27,33H,17-18H2,1H3/b28-26-. The van der Waals surface area contributed by atoms with Gasteiger partial charge in [-0.2, -0.15) is 0 Å². The van der Waals surface area contributed by atoms with Gasteiger partial charge >= 0.3 is 0 Å². The van der Waals surface area contributed by atoms with E-state index in [-0.39, 0.29) is 17.9 Å². The van der Waals surface area contributed by atoms with Gasteiger partial charge in [-0.1, -0.05) is 64.5 Å². The van der Waals surface area contributed by atoms with E-state index in [0.29, 0.717) is 29.2 Å². The molecule has 3 aromatic carbocycles. The van der Waals surface area contributed by atoms with Gasteiger partial charge in [0.1, 0.15) is 23.9 Å². The third-order valence-corrected chi connectivity index (χ3v) is 7.21. The second-order valence-electron chi connectivity index (χ2n) is 8.81. The Hall–Kier alpha value is -4.10. The average Bonchev–Trinajstić information content (AvgIpc) is 3.52. The lowest BCUT2D eigenvalue weighted by Crippen LogP contribution is -2.29. The molecular weight excluding hydrogens is 534 g/mol. The van der Waals surface area contributed by atoms with Crippen molar-refractivity contribution in [1.82, 2.24) is 4.90 Å². The molecule has 1 aliphatic heterocycles. The van der Waals surface area contributed by atoms with Crippen molar-refractivity contribution in [1.29, 1.82) is 0 Å². The molecule has 4 aromatic rings. The molecule has 1 aromatic heterocycles. The molecule has 0 radical (unpaired) electrons. The molecule has 7 heteroatoms. The summed E-state index contributed by atoms with van der Waals surface area (Å²) in [4.78, 5) is 27.8. The first-order valence-corrected chi connectivity index (χ1v) is 12.6. The number of hydrogen-bond acceptors (Lipinski definition) is 5. The molecule has 186 valence electrons. The smallest absolute Gasteiger partial charge is 0.296 e. The number of aliphatic hydroxyl groups excluding tert-OH is 1. The molecule has 1 saturated heterocycles. The summed E-state index contributed by atoms with van der Waals surface area (Å²) in [6.45, 7) is 2.40. The fourth-order valence-corrected chi connectivity index (χ4v) is 4.64. The lowest BCUT2D eigenvalue weighted by molar-refractivity contribution is -0.140. The van der Waals surface area contributed by atoms with Gasteiger partial charge in [0, 0.05) is 10.0 Å². The SMILES string of the molecule is Cc1cc(/C(O)=C2/C(=O)C(=O)N(Cc3ccco3)C2c2ccc(OCc3ccccc3)cc2)ccc1Br. The van der Waals surface area contributed by atoms with E-state index < -0.39 is 17.7 Å². The van der Waals surface area contributed by atoms with Crippen molar-refractivity contribution >= 4 is 33.4 Å². The average molecular weight is 558 g/mol. The maximum Gasteiger partial charge on any atom is 0.296 e. The third kappa shape index (κ3) is 5.08. The van der Waals surface area contributed by atoms with Crippen LogP contribution < -0.4 is 4.74 Å². The van der Waals surface area contributed by atoms with Crippen LogP contribution in [0.5, 0.6) is 5.75 Å². The van der Waals surface area contributed by atoms with Crippen LogP contribution in [-0.2, 0) is 22.7 Å². The summed E-state index contributed by atoms with van der Waals surface area (Å²) in [6, 6.07) is 25.0. The Morgan fingerprint density at radius 1 is 1.00 bits per heavy atom. The number of aryl methyl sites for hydroxylation is 1. The Kier molecular flexibility index (Phi) is 6.97. The summed E-state index contributed by atoms with van der Waals surface area (Å²) in [5, 5.41) is 11.3. The number of ether oxygens (including phenoxy) is 1. The molecule has 5 rings (SSSR count). The number of nitrogens with zero attached hydrogens (tertiary/aromatic N) is 1. The zero-order valence-corrected chi connectivity index (χ0v) is 21.6. The zero-order valence-electron chi connectivity index (χ0n) is 20.1. The molecule has 1 aliphatic rings. The van der Waals surface area contributed by atoms with Gasteiger partial charge in [0.15, 0.2) is 0 Å². The number of rotatable bonds is 7. The quantitative estimate of drug-likeness (QED) is 0.158. The van der Waals surface area contributed by atoms with Gasteiger partial charge in [0.25, 0.3) is 11.7 Å². The van der Waals surface area contributed by atoms with E-state index in [1.807, 2.05) is 49.4 Å². The summed E-state index contributed by atoms with van der Waals surface area (Å²) in [6.07, 6.45) is 1.52. The van der Waals surface area contributed by atoms with Gasteiger partial charge in [-0.15, -0.1) is 0 Å². The van der Waals surface area contributed by atoms with Crippen LogP contribution in [0.3, 0.4) is 0 Å². The molecule has 37 heavy (non-hydrogen) atoms. The molecule has 0 spiro atoms. The number of likely N-dealkylation sites (tertiary alicyclic amines) is 1. The summed E-state index contributed by atoms with van der Waals surface area (Å²) >= 11 is 3.46. The van der Waals surface area contributed by atoms with E-state index in [1.54, 1.807) is 42.5 Å². The Morgan fingerprint density at radius 3 is 2.43 bits per heavy atom. The van der Waals surface area contributed by atoms with E-state index in [4.69, 9.17) is 9.15 Å². The predicted molar refractivity (Wildman–Crippen MR) is 143 cm³/mol. The maximum atomic E-state index is 13.2. The summed E-state index contributed by atoms with van der Waals surface area (Å²) < 4.78 is 12.2. The molecule has 0 aliphatic carbocycles. The van der Waals surface area contributed by atoms with Crippen LogP contribution in [0.25, 0.3) is 5.76 Å². The lowest BCUT2D eigenvalue weighted by atomic mass is 9.95. The molecule has 1 unspecified atom stereocenters. The van der Waals surface area contributed by atoms with Crippen molar-refractivity contribution in [2.24, 2.45) is 0 Å². The second-order valence-corrected chi connectivity index (χ2v) is 9.67. The highest BCUT2D eigenvalue weighted by molar-refractivity contribution is 9.10. The van der Waals surface area contributed by atoms with Crippen LogP contribution in [0.15, 0.2) is 106 Å². The molecular formula is C30H24BrNO5. The van der Waals surface area contributed by atoms with E-state index >= 15 is 0 Å². The fourth-order valence-electron chi connectivity index (χ4n) is 4.39. The molecule has 1 N–H and O–H groups in total. The van der Waals surface area contributed by atoms with Crippen molar-refractivity contribution in [3.05, 3.63) is 129 Å². The molecule has 1 atom stereocenters. The van der Waals surface area contributed by atoms with E-state index in [0.717, 1.165) is 15.6 Å². The molecule has 1 amide bonds. The third-order valence-electron chi connectivity index (χ3n) is 6.32. The predicted octanol–water partition coefficient (Wildman–Crippen LogP) is 6.55. The first kappa shape index (κ1) is 24.6. The number of carbonyl (C=O) groups excluding carboxylic acids is 2. The largest absolute Gasteiger partial charge is 0.507 e. The highest BCUT2D eigenvalue weighted by Gasteiger charge is 2.46. The maximum absolute atomic E-state index is 13.2. The van der Waals surface area contributed by atoms with Crippen molar-refractivity contribution in [2.75, 3.05) is 0 Å². The number of hydrogen-bond donors (Lipinski definition) is 1. The number of benzene rings is 3. The first-order chi connectivity index (χ1) is 17.9. The number of Topliss-reactive ketones (excluding diaryl/α,β-unsaturated/α-hetero) is 1. The first-order valence-electron chi connectivity index (χ1n) is 11.8. The Labute approximate surface area is 222 Å². The van der Waals surface area contributed by atoms with E-state index in [2.05, 4.69) is 15.9 Å². The topological polar surface area (TPSA) is 80.0 Å². The summed E-state index contributed by atoms with van der Waals surface area (Å²) in [5.41, 5.74) is 3.11. The van der Waals surface area contributed by atoms with Crippen LogP contribution in [0.1, 0.15) is 34.1 Å². The molecule has 1 fully saturated rings. The zero-order chi connectivity index (χ0) is 25.9. The number of amides is 1. The van der Waals surface area contributed by atoms with Crippen LogP contribution in [0, 0.1) is 6.92 Å². The monoisotopic (exact) mass is 557 g/mol. The number of ketones is 1. The molecule has 0 saturated carbocycles. The van der Waals surface area contributed by atoms with E-state index in [1.165, 1.54) is 11.2 Å². The van der Waals surface area contributed by atoms with Crippen molar-refractivity contribution < 1.29 is 23.8 Å². The van der Waals surface area contributed by atoms with Gasteiger partial charge < -0.3 is 19.2 Å². The molecule has 2 heterocycles. The number of carbonyl (C=O) groups is 2. The molecule has 0 bridgehead atoms. The van der Waals surface area contributed by atoms with Gasteiger partial charge in [0.05, 0.1) is 24.4 Å². The number of aliphatic hydroxyl groups is 1. The van der Waals surface area contributed by atoms with Gasteiger partial charge in [-0.25, -0.2) is 0 Å². The highest BCUT2D eigenvalue weighted by Crippen LogP contribution is 2.41. The van der Waals surface area contributed by atoms with Crippen LogP contribution in [-0.4, -0.2) is 21.7 Å². The van der Waals surface area contributed by atoms with Crippen LogP contribution >= 0.6 is 15.9 Å². The van der Waals surface area contributed by atoms with Crippen molar-refractivity contribution in [2.45, 2.75) is 26.1 Å². The molecule has 6 nitrogen and oxygen atoms in total. The van der Waals surface area contributed by atoms with Crippen molar-refractivity contribution in [3.8, 4) is 5.75 Å². The summed E-state index contributed by atoms with van der Waals surface area (Å²) in [7, 11) is 0. The van der Waals surface area contributed by atoms with Crippen LogP contribution in [0.2, 0.25) is 0 Å². The fraction of sp³-hybridized carbons (Fsp3) is 0.133. The van der Waals surface area contributed by atoms with Crippen molar-refractivity contribution in [3.63, 3.8) is 0 Å². The second kappa shape index (κ2) is 10.5. The minimum absolute atomic E-state index is 0.0382. The van der Waals surface area contributed by atoms with E-state index in [9.17, 15) is 14.7 Å². The van der Waals surface area contributed by atoms with Gasteiger partial charge in [-0.05, 0) is 60.0 Å². The number of halogens is 1. The highest BCUT2D eigenvalue weighted by atomic mass is 79.9. The Balaban J connectivity index is 1.52. The normalized spacial score (nSPS) is 16.8. The Morgan fingerprint density at radius 2 is 1.76 bits per heavy atom. The van der Waals surface area contributed by atoms with Crippen LogP contribution in [0.4, 0.5) is 0 Å².